The average molecular weight is 321 g/mol. The van der Waals surface area contributed by atoms with Crippen LogP contribution in [-0.2, 0) is 13.2 Å². The Labute approximate surface area is 131 Å². The summed E-state index contributed by atoms with van der Waals surface area (Å²) in [5.41, 5.74) is 1.35. The van der Waals surface area contributed by atoms with Crippen molar-refractivity contribution >= 4 is 23.2 Å². The monoisotopic (exact) mass is 320 g/mol. The molecule has 2 N–H and O–H groups in total. The summed E-state index contributed by atoms with van der Waals surface area (Å²) in [6.45, 7) is 0.0740. The molecule has 7 heteroatoms. The first kappa shape index (κ1) is 15.9. The van der Waals surface area contributed by atoms with Crippen LogP contribution in [0.5, 0.6) is 0 Å². The third kappa shape index (κ3) is 3.81. The molecule has 1 amide bonds. The molecule has 0 saturated carbocycles. The molecular weight excluding hydrogens is 308 g/mol. The molecule has 0 aromatic heterocycles. The number of nitro groups is 1. The van der Waals surface area contributed by atoms with Gasteiger partial charge in [-0.1, -0.05) is 35.9 Å². The lowest BCUT2D eigenvalue weighted by molar-refractivity contribution is -0.384. The van der Waals surface area contributed by atoms with Gasteiger partial charge < -0.3 is 10.4 Å². The Hall–Kier alpha value is -2.44. The van der Waals surface area contributed by atoms with E-state index in [1.807, 2.05) is 0 Å². The van der Waals surface area contributed by atoms with E-state index < -0.39 is 10.8 Å². The van der Waals surface area contributed by atoms with Crippen molar-refractivity contribution in [3.8, 4) is 0 Å². The van der Waals surface area contributed by atoms with Crippen LogP contribution < -0.4 is 5.32 Å². The Morgan fingerprint density at radius 2 is 1.91 bits per heavy atom. The number of carbonyl (C=O) groups is 1. The molecule has 0 radical (unpaired) electrons. The Bertz CT molecular complexity index is 718. The topological polar surface area (TPSA) is 92.5 Å². The number of non-ortho nitro benzene ring substituents is 1. The third-order valence-electron chi connectivity index (χ3n) is 3.08. The van der Waals surface area contributed by atoms with Crippen LogP contribution in [0.2, 0.25) is 5.02 Å². The number of aliphatic hydroxyl groups is 1. The van der Waals surface area contributed by atoms with E-state index in [-0.39, 0.29) is 29.4 Å². The molecule has 0 unspecified atom stereocenters. The van der Waals surface area contributed by atoms with E-state index in [2.05, 4.69) is 5.32 Å². The summed E-state index contributed by atoms with van der Waals surface area (Å²) in [4.78, 5) is 22.3. The van der Waals surface area contributed by atoms with Crippen LogP contribution in [0.3, 0.4) is 0 Å². The second-order valence-corrected chi connectivity index (χ2v) is 5.00. The lowest BCUT2D eigenvalue weighted by atomic mass is 10.1. The summed E-state index contributed by atoms with van der Waals surface area (Å²) in [6.07, 6.45) is 0. The van der Waals surface area contributed by atoms with Gasteiger partial charge >= 0.3 is 0 Å². The molecule has 0 bridgehead atoms. The van der Waals surface area contributed by atoms with Gasteiger partial charge in [0.2, 0.25) is 0 Å². The van der Waals surface area contributed by atoms with E-state index in [4.69, 9.17) is 11.6 Å². The van der Waals surface area contributed by atoms with Gasteiger partial charge in [0.25, 0.3) is 11.6 Å². The van der Waals surface area contributed by atoms with Crippen molar-refractivity contribution in [3.05, 3.63) is 74.3 Å². The van der Waals surface area contributed by atoms with Crippen LogP contribution in [0.4, 0.5) is 5.69 Å². The van der Waals surface area contributed by atoms with E-state index in [0.717, 1.165) is 5.56 Å². The lowest BCUT2D eigenvalue weighted by Gasteiger charge is -2.09. The molecule has 0 heterocycles. The minimum Gasteiger partial charge on any atom is -0.392 e. The third-order valence-corrected chi connectivity index (χ3v) is 3.30. The Morgan fingerprint density at radius 1 is 1.23 bits per heavy atom. The van der Waals surface area contributed by atoms with Crippen molar-refractivity contribution in [2.75, 3.05) is 0 Å². The number of nitrogens with zero attached hydrogens (tertiary/aromatic N) is 1. The largest absolute Gasteiger partial charge is 0.392 e. The molecule has 0 spiro atoms. The fourth-order valence-corrected chi connectivity index (χ4v) is 2.20. The minimum absolute atomic E-state index is 0.112. The van der Waals surface area contributed by atoms with Crippen LogP contribution in [0, 0.1) is 10.1 Å². The number of amides is 1. The molecule has 0 atom stereocenters. The molecule has 0 saturated heterocycles. The molecule has 2 rings (SSSR count). The van der Waals surface area contributed by atoms with E-state index in [1.54, 1.807) is 24.3 Å². The summed E-state index contributed by atoms with van der Waals surface area (Å²) in [5, 5.41) is 22.8. The Balaban J connectivity index is 2.14. The quantitative estimate of drug-likeness (QED) is 0.654. The average Bonchev–Trinajstić information content (AvgIpc) is 2.52. The van der Waals surface area contributed by atoms with Crippen molar-refractivity contribution < 1.29 is 14.8 Å². The van der Waals surface area contributed by atoms with Gasteiger partial charge in [0, 0.05) is 29.3 Å². The van der Waals surface area contributed by atoms with E-state index in [1.165, 1.54) is 18.2 Å². The number of aliphatic hydroxyl groups excluding tert-OH is 1. The fraction of sp³-hybridized carbons (Fsp3) is 0.133. The number of nitro benzene ring substituents is 1. The van der Waals surface area contributed by atoms with Gasteiger partial charge in [0.05, 0.1) is 11.5 Å². The Morgan fingerprint density at radius 3 is 2.55 bits per heavy atom. The van der Waals surface area contributed by atoms with Crippen molar-refractivity contribution in [2.45, 2.75) is 13.2 Å². The Kier molecular flexibility index (Phi) is 5.08. The molecule has 0 aliphatic rings. The predicted octanol–water partition coefficient (Wildman–Crippen LogP) is 2.67. The van der Waals surface area contributed by atoms with Crippen LogP contribution in [0.25, 0.3) is 0 Å². The first-order chi connectivity index (χ1) is 10.5. The summed E-state index contributed by atoms with van der Waals surface area (Å²) in [6, 6.07) is 10.8. The molecule has 6 nitrogen and oxygen atoms in total. The van der Waals surface area contributed by atoms with Crippen LogP contribution in [0.1, 0.15) is 21.5 Å². The molecule has 114 valence electrons. The number of hydrogen-bond acceptors (Lipinski definition) is 4. The van der Waals surface area contributed by atoms with Gasteiger partial charge in [-0.25, -0.2) is 0 Å². The highest BCUT2D eigenvalue weighted by Crippen LogP contribution is 2.21. The van der Waals surface area contributed by atoms with E-state index >= 15 is 0 Å². The van der Waals surface area contributed by atoms with Gasteiger partial charge in [-0.3, -0.25) is 14.9 Å². The number of halogens is 1. The zero-order valence-electron chi connectivity index (χ0n) is 11.5. The van der Waals surface area contributed by atoms with Gasteiger partial charge in [-0.15, -0.1) is 0 Å². The highest BCUT2D eigenvalue weighted by atomic mass is 35.5. The number of nitrogens with one attached hydrogen (secondary N) is 1. The number of rotatable bonds is 5. The second kappa shape index (κ2) is 7.02. The van der Waals surface area contributed by atoms with Crippen LogP contribution in [-0.4, -0.2) is 15.9 Å². The van der Waals surface area contributed by atoms with Crippen LogP contribution in [0.15, 0.2) is 42.5 Å². The van der Waals surface area contributed by atoms with Gasteiger partial charge in [0.1, 0.15) is 0 Å². The van der Waals surface area contributed by atoms with Crippen molar-refractivity contribution in [1.29, 1.82) is 0 Å². The summed E-state index contributed by atoms with van der Waals surface area (Å²) in [5.74, 6) is -0.474. The highest BCUT2D eigenvalue weighted by molar-refractivity contribution is 6.31. The maximum absolute atomic E-state index is 12.1. The number of hydrogen-bond donors (Lipinski definition) is 2. The predicted molar refractivity (Wildman–Crippen MR) is 81.6 cm³/mol. The first-order valence-corrected chi connectivity index (χ1v) is 6.80. The zero-order chi connectivity index (χ0) is 16.1. The number of carbonyl (C=O) groups excluding carboxylic acids is 1. The molecule has 0 aliphatic carbocycles. The molecule has 2 aromatic rings. The number of benzene rings is 2. The van der Waals surface area contributed by atoms with Crippen LogP contribution >= 0.6 is 11.6 Å². The summed E-state index contributed by atoms with van der Waals surface area (Å²) in [7, 11) is 0. The van der Waals surface area contributed by atoms with E-state index in [0.29, 0.717) is 5.56 Å². The van der Waals surface area contributed by atoms with Gasteiger partial charge in [-0.2, -0.15) is 0 Å². The van der Waals surface area contributed by atoms with Crippen molar-refractivity contribution in [2.24, 2.45) is 0 Å². The maximum atomic E-state index is 12.1. The summed E-state index contributed by atoms with van der Waals surface area (Å²) < 4.78 is 0. The van der Waals surface area contributed by atoms with Gasteiger partial charge in [0.15, 0.2) is 0 Å². The molecule has 0 fully saturated rings. The molecule has 0 aliphatic heterocycles. The summed E-state index contributed by atoms with van der Waals surface area (Å²) >= 11 is 5.79. The fourth-order valence-electron chi connectivity index (χ4n) is 1.97. The first-order valence-electron chi connectivity index (χ1n) is 6.42. The zero-order valence-corrected chi connectivity index (χ0v) is 12.2. The normalized spacial score (nSPS) is 10.3. The van der Waals surface area contributed by atoms with Crippen molar-refractivity contribution in [3.63, 3.8) is 0 Å². The van der Waals surface area contributed by atoms with E-state index in [9.17, 15) is 20.0 Å². The van der Waals surface area contributed by atoms with Gasteiger partial charge in [-0.05, 0) is 17.2 Å². The highest BCUT2D eigenvalue weighted by Gasteiger charge is 2.14. The SMILES string of the molecule is O=C(NCc1ccccc1CO)c1cc(Cl)cc([N+](=O)[O-])c1. The lowest BCUT2D eigenvalue weighted by Crippen LogP contribution is -2.23. The molecule has 22 heavy (non-hydrogen) atoms. The standard InChI is InChI=1S/C15H13ClN2O4/c16-13-5-12(6-14(7-13)18(21)22)15(20)17-8-10-3-1-2-4-11(10)9-19/h1-7,19H,8-9H2,(H,17,20). The smallest absolute Gasteiger partial charge is 0.271 e. The second-order valence-electron chi connectivity index (χ2n) is 4.56. The maximum Gasteiger partial charge on any atom is 0.271 e. The molecule has 2 aromatic carbocycles. The van der Waals surface area contributed by atoms with Crippen molar-refractivity contribution in [1.82, 2.24) is 5.32 Å². The molecular formula is C15H13ClN2O4. The minimum atomic E-state index is -0.607.